The van der Waals surface area contributed by atoms with E-state index >= 15 is 0 Å². The lowest BCUT2D eigenvalue weighted by Crippen LogP contribution is -2.39. The minimum absolute atomic E-state index is 0.164. The molecule has 0 radical (unpaired) electrons. The Morgan fingerprint density at radius 2 is 2.03 bits per heavy atom. The van der Waals surface area contributed by atoms with E-state index in [1.807, 2.05) is 38.1 Å². The summed E-state index contributed by atoms with van der Waals surface area (Å²) in [5.74, 6) is -0.772. The topological polar surface area (TPSA) is 78.2 Å². The quantitative estimate of drug-likeness (QED) is 0.534. The Balaban J connectivity index is 1.38. The lowest BCUT2D eigenvalue weighted by Gasteiger charge is -2.32. The van der Waals surface area contributed by atoms with Gasteiger partial charge in [0.2, 0.25) is 11.8 Å². The standard InChI is InChI=1S/C23H27F3N6O2/c1-13-8-17-20(28-14(13)2)29-22(30-21(17)34-6-4-15-9-18(15)23(24,25)26)32-5-7-33-19(12-32)16-10-27-31(3)11-16/h8,10-11,15,18-19H,4-7,9,12H2,1-3H3/t15-,18+,19+/m1/s1. The van der Waals surface area contributed by atoms with Gasteiger partial charge in [0.05, 0.1) is 37.3 Å². The monoisotopic (exact) mass is 476 g/mol. The molecule has 5 rings (SSSR count). The summed E-state index contributed by atoms with van der Waals surface area (Å²) in [5.41, 5.74) is 3.30. The van der Waals surface area contributed by atoms with E-state index in [4.69, 9.17) is 14.5 Å². The Morgan fingerprint density at radius 1 is 1.21 bits per heavy atom. The Kier molecular flexibility index (Phi) is 5.83. The number of halogens is 3. The second-order valence-corrected chi connectivity index (χ2v) is 9.12. The fourth-order valence-electron chi connectivity index (χ4n) is 4.37. The first-order valence-corrected chi connectivity index (χ1v) is 11.4. The molecule has 0 spiro atoms. The third-order valence-corrected chi connectivity index (χ3v) is 6.60. The van der Waals surface area contributed by atoms with Crippen LogP contribution >= 0.6 is 0 Å². The maximum Gasteiger partial charge on any atom is 0.392 e. The van der Waals surface area contributed by atoms with Crippen molar-refractivity contribution in [2.24, 2.45) is 18.9 Å². The predicted molar refractivity (Wildman–Crippen MR) is 119 cm³/mol. The molecule has 4 heterocycles. The minimum atomic E-state index is -4.13. The van der Waals surface area contributed by atoms with Gasteiger partial charge in [-0.1, -0.05) is 0 Å². The van der Waals surface area contributed by atoms with Gasteiger partial charge >= 0.3 is 6.18 Å². The number of ether oxygens (including phenoxy) is 2. The first-order valence-electron chi connectivity index (χ1n) is 11.4. The van der Waals surface area contributed by atoms with Gasteiger partial charge in [-0.2, -0.15) is 28.2 Å². The summed E-state index contributed by atoms with van der Waals surface area (Å²) in [6, 6.07) is 1.92. The normalized spacial score (nSPS) is 22.9. The molecule has 34 heavy (non-hydrogen) atoms. The predicted octanol–water partition coefficient (Wildman–Crippen LogP) is 3.92. The van der Waals surface area contributed by atoms with E-state index in [0.29, 0.717) is 49.0 Å². The number of anilines is 1. The fraction of sp³-hybridized carbons (Fsp3) is 0.565. The number of fused-ring (bicyclic) bond motifs is 1. The average molecular weight is 477 g/mol. The largest absolute Gasteiger partial charge is 0.477 e. The van der Waals surface area contributed by atoms with Crippen LogP contribution in [0, 0.1) is 25.7 Å². The van der Waals surface area contributed by atoms with Crippen molar-refractivity contribution in [1.82, 2.24) is 24.7 Å². The van der Waals surface area contributed by atoms with Crippen molar-refractivity contribution in [3.63, 3.8) is 0 Å². The third kappa shape index (κ3) is 4.66. The molecule has 0 unspecified atom stereocenters. The zero-order valence-corrected chi connectivity index (χ0v) is 19.3. The molecule has 0 amide bonds. The van der Waals surface area contributed by atoms with Gasteiger partial charge in [-0.3, -0.25) is 4.68 Å². The maximum atomic E-state index is 12.9. The highest BCUT2D eigenvalue weighted by Gasteiger charge is 2.55. The molecule has 3 aromatic rings. The Morgan fingerprint density at radius 3 is 2.74 bits per heavy atom. The number of rotatable bonds is 6. The highest BCUT2D eigenvalue weighted by atomic mass is 19.4. The number of aromatic nitrogens is 5. The zero-order valence-electron chi connectivity index (χ0n) is 19.3. The molecule has 0 aromatic carbocycles. The van der Waals surface area contributed by atoms with Crippen LogP contribution in [0.3, 0.4) is 0 Å². The highest BCUT2D eigenvalue weighted by molar-refractivity contribution is 5.82. The molecule has 1 aliphatic carbocycles. The molecule has 0 N–H and O–H groups in total. The van der Waals surface area contributed by atoms with E-state index in [9.17, 15) is 13.2 Å². The maximum absolute atomic E-state index is 12.9. The molecule has 1 aliphatic heterocycles. The molecule has 8 nitrogen and oxygen atoms in total. The van der Waals surface area contributed by atoms with Crippen LogP contribution in [0.25, 0.3) is 11.0 Å². The average Bonchev–Trinajstić information content (AvgIpc) is 3.46. The van der Waals surface area contributed by atoms with E-state index in [1.54, 1.807) is 10.9 Å². The van der Waals surface area contributed by atoms with Crippen molar-refractivity contribution >= 4 is 17.0 Å². The first-order chi connectivity index (χ1) is 16.2. The Bertz CT molecular complexity index is 1200. The molecular formula is C23H27F3N6O2. The van der Waals surface area contributed by atoms with Gasteiger partial charge in [0.15, 0.2) is 5.65 Å². The fourth-order valence-corrected chi connectivity index (χ4v) is 4.37. The Labute approximate surface area is 195 Å². The summed E-state index contributed by atoms with van der Waals surface area (Å²) in [4.78, 5) is 16.0. The molecule has 1 saturated heterocycles. The van der Waals surface area contributed by atoms with E-state index in [-0.39, 0.29) is 25.0 Å². The number of pyridine rings is 1. The molecule has 2 fully saturated rings. The summed E-state index contributed by atoms with van der Waals surface area (Å²) >= 11 is 0. The third-order valence-electron chi connectivity index (χ3n) is 6.60. The molecule has 0 bridgehead atoms. The van der Waals surface area contributed by atoms with Crippen molar-refractivity contribution in [3.8, 4) is 5.88 Å². The number of alkyl halides is 3. The Hall–Kier alpha value is -2.95. The van der Waals surface area contributed by atoms with E-state index in [0.717, 1.165) is 16.8 Å². The second kappa shape index (κ2) is 8.68. The smallest absolute Gasteiger partial charge is 0.392 e. The molecule has 1 saturated carbocycles. The van der Waals surface area contributed by atoms with Crippen molar-refractivity contribution in [2.75, 3.05) is 31.2 Å². The summed E-state index contributed by atoms with van der Waals surface area (Å²) in [7, 11) is 1.86. The van der Waals surface area contributed by atoms with Crippen molar-refractivity contribution in [1.29, 1.82) is 0 Å². The van der Waals surface area contributed by atoms with E-state index in [2.05, 4.69) is 15.1 Å². The zero-order chi connectivity index (χ0) is 24.0. The number of hydrogen-bond donors (Lipinski definition) is 0. The summed E-state index contributed by atoms with van der Waals surface area (Å²) in [6.45, 7) is 5.65. The van der Waals surface area contributed by atoms with Gasteiger partial charge in [0.25, 0.3) is 0 Å². The number of aryl methyl sites for hydroxylation is 3. The highest BCUT2D eigenvalue weighted by Crippen LogP contribution is 2.51. The van der Waals surface area contributed by atoms with Crippen molar-refractivity contribution in [3.05, 3.63) is 35.3 Å². The number of hydrogen-bond acceptors (Lipinski definition) is 7. The summed E-state index contributed by atoms with van der Waals surface area (Å²) in [6.07, 6.45) is -0.0873. The number of nitrogens with zero attached hydrogens (tertiary/aromatic N) is 6. The number of morpholine rings is 1. The van der Waals surface area contributed by atoms with Crippen LogP contribution in [0.2, 0.25) is 0 Å². The van der Waals surface area contributed by atoms with Crippen LogP contribution < -0.4 is 9.64 Å². The van der Waals surface area contributed by atoms with Crippen LogP contribution in [0.15, 0.2) is 18.5 Å². The van der Waals surface area contributed by atoms with Gasteiger partial charge in [-0.05, 0) is 44.2 Å². The molecule has 182 valence electrons. The van der Waals surface area contributed by atoms with Gasteiger partial charge in [0, 0.05) is 31.0 Å². The SMILES string of the molecule is Cc1cc2c(OCC[C@@H]3C[C@@H]3C(F)(F)F)nc(N3CCO[C@H](c4cnn(C)c4)C3)nc2nc1C. The van der Waals surface area contributed by atoms with Crippen LogP contribution in [-0.2, 0) is 11.8 Å². The van der Waals surface area contributed by atoms with Crippen molar-refractivity contribution in [2.45, 2.75) is 39.0 Å². The van der Waals surface area contributed by atoms with Gasteiger partial charge in [0.1, 0.15) is 6.10 Å². The van der Waals surface area contributed by atoms with Gasteiger partial charge in [-0.25, -0.2) is 4.98 Å². The van der Waals surface area contributed by atoms with Gasteiger partial charge in [-0.15, -0.1) is 0 Å². The second-order valence-electron chi connectivity index (χ2n) is 9.12. The van der Waals surface area contributed by atoms with Crippen LogP contribution in [0.4, 0.5) is 19.1 Å². The van der Waals surface area contributed by atoms with Crippen LogP contribution in [0.1, 0.15) is 35.8 Å². The van der Waals surface area contributed by atoms with Crippen LogP contribution in [-0.4, -0.2) is 57.2 Å². The van der Waals surface area contributed by atoms with E-state index < -0.39 is 12.1 Å². The lowest BCUT2D eigenvalue weighted by molar-refractivity contribution is -0.151. The molecule has 3 atom stereocenters. The molecule has 3 aromatic heterocycles. The van der Waals surface area contributed by atoms with Crippen molar-refractivity contribution < 1.29 is 22.6 Å². The lowest BCUT2D eigenvalue weighted by atomic mass is 10.1. The summed E-state index contributed by atoms with van der Waals surface area (Å²) in [5, 5.41) is 4.88. The summed E-state index contributed by atoms with van der Waals surface area (Å²) < 4.78 is 52.2. The van der Waals surface area contributed by atoms with Gasteiger partial charge < -0.3 is 14.4 Å². The molecular weight excluding hydrogens is 449 g/mol. The molecule has 2 aliphatic rings. The molecule has 11 heteroatoms. The first kappa shape index (κ1) is 22.8. The van der Waals surface area contributed by atoms with Crippen LogP contribution in [0.5, 0.6) is 5.88 Å². The van der Waals surface area contributed by atoms with E-state index in [1.165, 1.54) is 0 Å². The minimum Gasteiger partial charge on any atom is -0.477 e.